The highest BCUT2D eigenvalue weighted by Gasteiger charge is 2.61. The Kier molecular flexibility index (Phi) is 4.56. The molecule has 3 atom stereocenters. The van der Waals surface area contributed by atoms with Crippen LogP contribution in [0.4, 0.5) is 0 Å². The van der Waals surface area contributed by atoms with Crippen molar-refractivity contribution < 1.29 is 14.3 Å². The molecule has 6 nitrogen and oxygen atoms in total. The molecule has 3 rings (SSSR count). The predicted molar refractivity (Wildman–Crippen MR) is 95.4 cm³/mol. The van der Waals surface area contributed by atoms with E-state index >= 15 is 0 Å². The zero-order valence-corrected chi connectivity index (χ0v) is 16.1. The van der Waals surface area contributed by atoms with Crippen molar-refractivity contribution in [3.05, 3.63) is 20.7 Å². The van der Waals surface area contributed by atoms with E-state index in [1.165, 1.54) is 11.0 Å². The third-order valence-corrected chi connectivity index (χ3v) is 7.64. The summed E-state index contributed by atoms with van der Waals surface area (Å²) in [6, 6.07) is 0.134. The minimum absolute atomic E-state index is 0.0957. The van der Waals surface area contributed by atoms with E-state index in [4.69, 9.17) is 4.74 Å². The lowest BCUT2D eigenvalue weighted by atomic mass is 9.69. The maximum Gasteiger partial charge on any atom is 0.326 e. The number of thiazole rings is 1. The topological polar surface area (TPSA) is 77.4 Å². The Balaban J connectivity index is 1.51. The first-order chi connectivity index (χ1) is 11.6. The molecule has 1 N–H and O–H groups in total. The summed E-state index contributed by atoms with van der Waals surface area (Å²) < 4.78 is 6.41. The number of nitrogens with zero attached hydrogens (tertiary/aromatic N) is 1. The van der Waals surface area contributed by atoms with Crippen molar-refractivity contribution in [3.63, 3.8) is 0 Å². The van der Waals surface area contributed by atoms with Crippen LogP contribution in [0.5, 0.6) is 0 Å². The van der Waals surface area contributed by atoms with Gasteiger partial charge in [0.05, 0.1) is 0 Å². The number of aryl methyl sites for hydroxylation is 1. The molecule has 1 heterocycles. The molecule has 1 aromatic heterocycles. The normalized spacial score (nSPS) is 29.6. The molecule has 0 aromatic carbocycles. The molecule has 7 heteroatoms. The lowest BCUT2D eigenvalue weighted by Crippen LogP contribution is -2.48. The van der Waals surface area contributed by atoms with Gasteiger partial charge in [-0.05, 0) is 42.9 Å². The number of amides is 1. The summed E-state index contributed by atoms with van der Waals surface area (Å²) >= 11 is 1.05. The molecule has 1 aromatic rings. The van der Waals surface area contributed by atoms with Gasteiger partial charge in [-0.15, -0.1) is 0 Å². The van der Waals surface area contributed by atoms with Gasteiger partial charge >= 0.3 is 10.8 Å². The molecule has 2 fully saturated rings. The van der Waals surface area contributed by atoms with E-state index in [1.807, 2.05) is 0 Å². The number of esters is 1. The molecule has 0 radical (unpaired) electrons. The Hall–Kier alpha value is -1.63. The number of carbonyl (C=O) groups is 2. The molecule has 2 saturated carbocycles. The minimum Gasteiger partial charge on any atom is -0.454 e. The van der Waals surface area contributed by atoms with E-state index in [0.717, 1.165) is 24.2 Å². The summed E-state index contributed by atoms with van der Waals surface area (Å²) in [7, 11) is 0. The average Bonchev–Trinajstić information content (AvgIpc) is 3.04. The van der Waals surface area contributed by atoms with E-state index in [0.29, 0.717) is 11.6 Å². The Morgan fingerprint density at radius 2 is 2.12 bits per heavy atom. The Labute approximate surface area is 151 Å². The van der Waals surface area contributed by atoms with Crippen LogP contribution in [0, 0.1) is 23.7 Å². The number of nitrogens with one attached hydrogen (secondary N) is 1. The van der Waals surface area contributed by atoms with E-state index < -0.39 is 5.97 Å². The van der Waals surface area contributed by atoms with Crippen molar-refractivity contribution in [2.24, 2.45) is 16.7 Å². The number of hydrogen-bond acceptors (Lipinski definition) is 5. The lowest BCUT2D eigenvalue weighted by Gasteiger charge is -2.39. The third kappa shape index (κ3) is 3.03. The molecule has 138 valence electrons. The fraction of sp³-hybridized carbons (Fsp3) is 0.722. The van der Waals surface area contributed by atoms with Crippen molar-refractivity contribution >= 4 is 23.2 Å². The van der Waals surface area contributed by atoms with Crippen LogP contribution in [0.1, 0.15) is 45.7 Å². The second-order valence-corrected chi connectivity index (χ2v) is 8.94. The molecular weight excluding hydrogens is 340 g/mol. The van der Waals surface area contributed by atoms with Crippen LogP contribution in [0.3, 0.4) is 0 Å². The number of ether oxygens (including phenoxy) is 1. The van der Waals surface area contributed by atoms with Crippen molar-refractivity contribution in [2.45, 2.75) is 59.5 Å². The Morgan fingerprint density at radius 3 is 2.64 bits per heavy atom. The highest BCUT2D eigenvalue weighted by atomic mass is 32.1. The summed E-state index contributed by atoms with van der Waals surface area (Å²) in [6.45, 7) is 8.14. The Bertz CT molecular complexity index is 751. The molecule has 1 amide bonds. The van der Waals surface area contributed by atoms with Crippen LogP contribution in [-0.2, 0) is 20.9 Å². The highest BCUT2D eigenvalue weighted by molar-refractivity contribution is 7.07. The molecule has 2 bridgehead atoms. The summed E-state index contributed by atoms with van der Waals surface area (Å²) in [5.74, 6) is -0.200. The number of hydrogen-bond donors (Lipinski definition) is 1. The van der Waals surface area contributed by atoms with Crippen LogP contribution in [-0.4, -0.2) is 29.1 Å². The average molecular weight is 366 g/mol. The molecule has 2 aliphatic carbocycles. The summed E-state index contributed by atoms with van der Waals surface area (Å²) in [5, 5.41) is 4.76. The van der Waals surface area contributed by atoms with Gasteiger partial charge in [0.25, 0.3) is 5.91 Å². The maximum atomic E-state index is 12.2. The second kappa shape index (κ2) is 6.27. The van der Waals surface area contributed by atoms with Gasteiger partial charge in [-0.1, -0.05) is 32.1 Å². The van der Waals surface area contributed by atoms with E-state index in [-0.39, 0.29) is 40.8 Å². The first-order valence-electron chi connectivity index (χ1n) is 8.75. The largest absolute Gasteiger partial charge is 0.454 e. The van der Waals surface area contributed by atoms with Gasteiger partial charge in [0.15, 0.2) is 6.61 Å². The van der Waals surface area contributed by atoms with Crippen molar-refractivity contribution in [1.82, 2.24) is 9.88 Å². The van der Waals surface area contributed by atoms with Crippen LogP contribution < -0.4 is 10.2 Å². The van der Waals surface area contributed by atoms with Gasteiger partial charge in [0, 0.05) is 17.1 Å². The summed E-state index contributed by atoms with van der Waals surface area (Å²) in [6.07, 6.45) is 3.34. The molecule has 0 spiro atoms. The zero-order valence-electron chi connectivity index (χ0n) is 15.3. The van der Waals surface area contributed by atoms with Crippen molar-refractivity contribution in [2.75, 3.05) is 6.61 Å². The first-order valence-corrected chi connectivity index (χ1v) is 9.63. The van der Waals surface area contributed by atoms with Crippen LogP contribution in [0.15, 0.2) is 10.2 Å². The van der Waals surface area contributed by atoms with Crippen LogP contribution in [0.25, 0.3) is 0 Å². The van der Waals surface area contributed by atoms with Crippen LogP contribution in [0.2, 0.25) is 0 Å². The molecule has 2 aliphatic rings. The quantitative estimate of drug-likeness (QED) is 0.810. The number of fused-ring (bicyclic) bond motifs is 2. The van der Waals surface area contributed by atoms with Crippen LogP contribution >= 0.6 is 11.3 Å². The van der Waals surface area contributed by atoms with E-state index in [1.54, 1.807) is 12.3 Å². The summed E-state index contributed by atoms with van der Waals surface area (Å²) in [4.78, 5) is 35.5. The second-order valence-electron chi connectivity index (χ2n) is 8.12. The number of aromatic nitrogens is 1. The fourth-order valence-corrected chi connectivity index (χ4v) is 5.31. The monoisotopic (exact) mass is 366 g/mol. The molecule has 0 aliphatic heterocycles. The maximum absolute atomic E-state index is 12.2. The third-order valence-electron chi connectivity index (χ3n) is 6.76. The zero-order chi connectivity index (χ0) is 18.4. The van der Waals surface area contributed by atoms with Gasteiger partial charge in [0.2, 0.25) is 0 Å². The SMILES string of the molecule is Cc1csc(=O)n1CC(=O)OCC(=O)N[C@H]1C[C@H]2CC[C@@]1(C)C2(C)C. The number of rotatable bonds is 5. The molecule has 25 heavy (non-hydrogen) atoms. The van der Waals surface area contributed by atoms with E-state index in [2.05, 4.69) is 26.1 Å². The number of carbonyl (C=O) groups excluding carboxylic acids is 2. The molecule has 0 unspecified atom stereocenters. The first kappa shape index (κ1) is 18.2. The molecular formula is C18H26N2O4S. The lowest BCUT2D eigenvalue weighted by molar-refractivity contribution is -0.149. The van der Waals surface area contributed by atoms with E-state index in [9.17, 15) is 14.4 Å². The molecule has 0 saturated heterocycles. The van der Waals surface area contributed by atoms with Gasteiger partial charge in [0.1, 0.15) is 6.54 Å². The summed E-state index contributed by atoms with van der Waals surface area (Å²) in [5.41, 5.74) is 1.03. The van der Waals surface area contributed by atoms with Crippen molar-refractivity contribution in [3.8, 4) is 0 Å². The van der Waals surface area contributed by atoms with Crippen molar-refractivity contribution in [1.29, 1.82) is 0 Å². The smallest absolute Gasteiger partial charge is 0.326 e. The highest BCUT2D eigenvalue weighted by Crippen LogP contribution is 2.65. The minimum atomic E-state index is -0.571. The standard InChI is InChI=1S/C18H26N2O4S/c1-11-10-25-16(23)20(11)8-15(22)24-9-14(21)19-13-7-12-5-6-18(13,4)17(12,2)3/h10,12-13H,5-9H2,1-4H3,(H,19,21)/t12-,13+,18-/m1/s1. The fourth-order valence-electron chi connectivity index (χ4n) is 4.57. The Morgan fingerprint density at radius 1 is 1.40 bits per heavy atom. The van der Waals surface area contributed by atoms with Gasteiger partial charge in [-0.25, -0.2) is 0 Å². The van der Waals surface area contributed by atoms with Gasteiger partial charge < -0.3 is 10.1 Å². The van der Waals surface area contributed by atoms with Gasteiger partial charge in [-0.3, -0.25) is 19.0 Å². The predicted octanol–water partition coefficient (Wildman–Crippen LogP) is 2.09. The van der Waals surface area contributed by atoms with Gasteiger partial charge in [-0.2, -0.15) is 0 Å².